The molecule has 1 aromatic rings. The number of hydrogen-bond donors (Lipinski definition) is 1. The Bertz CT molecular complexity index is 384. The summed E-state index contributed by atoms with van der Waals surface area (Å²) < 4.78 is 0. The topological polar surface area (TPSA) is 50.2 Å². The highest BCUT2D eigenvalue weighted by Gasteiger charge is 2.14. The van der Waals surface area contributed by atoms with E-state index in [9.17, 15) is 4.79 Å². The van der Waals surface area contributed by atoms with Gasteiger partial charge in [0.25, 0.3) is 0 Å². The summed E-state index contributed by atoms with van der Waals surface area (Å²) in [5, 5.41) is 9.38. The van der Waals surface area contributed by atoms with Crippen molar-refractivity contribution in [2.75, 3.05) is 0 Å². The van der Waals surface area contributed by atoms with Gasteiger partial charge in [-0.3, -0.25) is 0 Å². The van der Waals surface area contributed by atoms with E-state index < -0.39 is 5.97 Å². The normalized spacial score (nSPS) is 9.08. The Morgan fingerprint density at radius 2 is 2.38 bits per heavy atom. The quantitative estimate of drug-likeness (QED) is 0.732. The summed E-state index contributed by atoms with van der Waals surface area (Å²) in [5.41, 5.74) is 0.621. The summed E-state index contributed by atoms with van der Waals surface area (Å²) in [6, 6.07) is 0. The number of hydrogen-bond acceptors (Lipinski definition) is 3. The Morgan fingerprint density at radius 1 is 1.69 bits per heavy atom. The monoisotopic (exact) mass is 195 g/mol. The molecule has 0 aromatic carbocycles. The van der Waals surface area contributed by atoms with E-state index in [0.717, 1.165) is 11.3 Å². The Hall–Kier alpha value is -1.34. The molecule has 1 aromatic heterocycles. The molecule has 0 fully saturated rings. The maximum absolute atomic E-state index is 10.7. The van der Waals surface area contributed by atoms with E-state index in [1.54, 1.807) is 6.92 Å². The van der Waals surface area contributed by atoms with Crippen molar-refractivity contribution >= 4 is 17.3 Å². The molecule has 1 rings (SSSR count). The summed E-state index contributed by atoms with van der Waals surface area (Å²) in [6.07, 6.45) is 0.628. The highest BCUT2D eigenvalue weighted by atomic mass is 32.1. The fourth-order valence-corrected chi connectivity index (χ4v) is 1.82. The van der Waals surface area contributed by atoms with Gasteiger partial charge in [-0.2, -0.15) is 0 Å². The van der Waals surface area contributed by atoms with Crippen LogP contribution in [0.15, 0.2) is 0 Å². The third kappa shape index (κ3) is 2.07. The van der Waals surface area contributed by atoms with Gasteiger partial charge in [-0.25, -0.2) is 9.78 Å². The predicted octanol–water partition coefficient (Wildman–Crippen LogP) is 1.78. The van der Waals surface area contributed by atoms with Crippen molar-refractivity contribution in [2.45, 2.75) is 20.3 Å². The number of carboxylic acid groups (broad SMARTS) is 1. The lowest BCUT2D eigenvalue weighted by atomic mass is 10.3. The summed E-state index contributed by atoms with van der Waals surface area (Å²) in [5.74, 6) is 4.53. The minimum absolute atomic E-state index is 0.306. The van der Waals surface area contributed by atoms with Crippen LogP contribution in [0, 0.1) is 11.8 Å². The van der Waals surface area contributed by atoms with Crippen LogP contribution in [0.3, 0.4) is 0 Å². The lowest BCUT2D eigenvalue weighted by molar-refractivity contribution is 0.0701. The number of nitrogens with zero attached hydrogens (tertiary/aromatic N) is 1. The first-order valence-electron chi connectivity index (χ1n) is 3.84. The zero-order chi connectivity index (χ0) is 9.84. The van der Waals surface area contributed by atoms with Crippen LogP contribution in [0.25, 0.3) is 0 Å². The first-order valence-corrected chi connectivity index (χ1v) is 4.66. The Kier molecular flexibility index (Phi) is 3.04. The summed E-state index contributed by atoms with van der Waals surface area (Å²) in [6.45, 7) is 3.58. The molecule has 1 N–H and O–H groups in total. The zero-order valence-corrected chi connectivity index (χ0v) is 8.23. The smallest absolute Gasteiger partial charge is 0.347 e. The molecule has 3 nitrogen and oxygen atoms in total. The van der Waals surface area contributed by atoms with Gasteiger partial charge in [0, 0.05) is 0 Å². The molecule has 0 bridgehead atoms. The van der Waals surface area contributed by atoms with E-state index in [1.165, 1.54) is 0 Å². The van der Waals surface area contributed by atoms with Crippen LogP contribution < -0.4 is 0 Å². The highest BCUT2D eigenvalue weighted by Crippen LogP contribution is 2.18. The van der Waals surface area contributed by atoms with E-state index in [-0.39, 0.29) is 0 Å². The van der Waals surface area contributed by atoms with Crippen LogP contribution in [0.5, 0.6) is 0 Å². The molecule has 13 heavy (non-hydrogen) atoms. The molecular formula is C9H9NO2S. The molecule has 0 unspecified atom stereocenters. The minimum atomic E-state index is -0.918. The van der Waals surface area contributed by atoms with Gasteiger partial charge in [-0.1, -0.05) is 24.2 Å². The molecule has 4 heteroatoms. The first kappa shape index (κ1) is 9.75. The van der Waals surface area contributed by atoms with Crippen LogP contribution in [0.2, 0.25) is 0 Å². The largest absolute Gasteiger partial charge is 0.477 e. The van der Waals surface area contributed by atoms with Gasteiger partial charge in [0.1, 0.15) is 4.88 Å². The molecule has 0 spiro atoms. The van der Waals surface area contributed by atoms with E-state index in [2.05, 4.69) is 16.8 Å². The molecule has 0 radical (unpaired) electrons. The molecular weight excluding hydrogens is 186 g/mol. The third-order valence-electron chi connectivity index (χ3n) is 1.46. The van der Waals surface area contributed by atoms with Crippen molar-refractivity contribution in [1.29, 1.82) is 0 Å². The number of aromatic nitrogens is 1. The Morgan fingerprint density at radius 3 is 2.77 bits per heavy atom. The minimum Gasteiger partial charge on any atom is -0.477 e. The van der Waals surface area contributed by atoms with Gasteiger partial charge in [0.2, 0.25) is 0 Å². The third-order valence-corrected chi connectivity index (χ3v) is 2.46. The number of carbonyl (C=O) groups is 1. The fraction of sp³-hybridized carbons (Fsp3) is 0.333. The molecule has 68 valence electrons. The number of rotatable bonds is 2. The van der Waals surface area contributed by atoms with Crippen LogP contribution >= 0.6 is 11.3 Å². The standard InChI is InChI=1S/C9H9NO2S/c1-3-5-7-10-6(4-2)8(13-7)9(11)12/h4H2,1-2H3,(H,11,12). The second-order valence-corrected chi connectivity index (χ2v) is 3.33. The molecule has 0 saturated carbocycles. The first-order chi connectivity index (χ1) is 6.19. The van der Waals surface area contributed by atoms with E-state index in [4.69, 9.17) is 5.11 Å². The molecule has 0 aliphatic heterocycles. The van der Waals surface area contributed by atoms with Crippen LogP contribution in [-0.4, -0.2) is 16.1 Å². The van der Waals surface area contributed by atoms with Gasteiger partial charge in [-0.15, -0.1) is 0 Å². The fourth-order valence-electron chi connectivity index (χ4n) is 0.919. The van der Waals surface area contributed by atoms with Crippen molar-refractivity contribution in [1.82, 2.24) is 4.98 Å². The number of carboxylic acids is 1. The van der Waals surface area contributed by atoms with Crippen molar-refractivity contribution in [3.63, 3.8) is 0 Å². The number of aryl methyl sites for hydroxylation is 1. The molecule has 0 saturated heterocycles. The molecule has 0 aliphatic rings. The molecule has 0 aliphatic carbocycles. The maximum atomic E-state index is 10.7. The highest BCUT2D eigenvalue weighted by molar-refractivity contribution is 7.14. The average molecular weight is 195 g/mol. The van der Waals surface area contributed by atoms with E-state index in [1.807, 2.05) is 6.92 Å². The number of thiazole rings is 1. The van der Waals surface area contributed by atoms with Crippen molar-refractivity contribution in [2.24, 2.45) is 0 Å². The van der Waals surface area contributed by atoms with Crippen LogP contribution in [0.4, 0.5) is 0 Å². The van der Waals surface area contributed by atoms with E-state index in [0.29, 0.717) is 22.0 Å². The van der Waals surface area contributed by atoms with Crippen molar-refractivity contribution in [3.8, 4) is 11.8 Å². The molecule has 0 atom stereocenters. The summed E-state index contributed by atoms with van der Waals surface area (Å²) in [7, 11) is 0. The summed E-state index contributed by atoms with van der Waals surface area (Å²) >= 11 is 1.13. The predicted molar refractivity (Wildman–Crippen MR) is 51.0 cm³/mol. The summed E-state index contributed by atoms with van der Waals surface area (Å²) in [4.78, 5) is 15.1. The number of aromatic carboxylic acids is 1. The molecule has 0 amide bonds. The van der Waals surface area contributed by atoms with Gasteiger partial charge in [0.15, 0.2) is 5.01 Å². The van der Waals surface area contributed by atoms with Crippen molar-refractivity contribution < 1.29 is 9.90 Å². The zero-order valence-electron chi connectivity index (χ0n) is 7.42. The lowest BCUT2D eigenvalue weighted by Crippen LogP contribution is -1.97. The van der Waals surface area contributed by atoms with Gasteiger partial charge in [-0.05, 0) is 19.3 Å². The van der Waals surface area contributed by atoms with Crippen molar-refractivity contribution in [3.05, 3.63) is 15.6 Å². The van der Waals surface area contributed by atoms with Crippen LogP contribution in [-0.2, 0) is 6.42 Å². The lowest BCUT2D eigenvalue weighted by Gasteiger charge is -1.89. The van der Waals surface area contributed by atoms with Gasteiger partial charge < -0.3 is 5.11 Å². The Balaban J connectivity index is 3.16. The second kappa shape index (κ2) is 4.06. The average Bonchev–Trinajstić information content (AvgIpc) is 2.48. The molecule has 1 heterocycles. The SMILES string of the molecule is CC#Cc1nc(CC)c(C(=O)O)s1. The second-order valence-electron chi connectivity index (χ2n) is 2.33. The van der Waals surface area contributed by atoms with E-state index >= 15 is 0 Å². The Labute approximate surface area is 80.4 Å². The van der Waals surface area contributed by atoms with Gasteiger partial charge in [0.05, 0.1) is 5.69 Å². The van der Waals surface area contributed by atoms with Crippen LogP contribution in [0.1, 0.15) is 34.2 Å². The van der Waals surface area contributed by atoms with Gasteiger partial charge >= 0.3 is 5.97 Å². The maximum Gasteiger partial charge on any atom is 0.347 e.